The highest BCUT2D eigenvalue weighted by molar-refractivity contribution is 5.80. The number of ether oxygens (including phenoxy) is 1. The van der Waals surface area contributed by atoms with Crippen LogP contribution in [0.2, 0.25) is 0 Å². The number of hydrogen-bond acceptors (Lipinski definition) is 4. The average Bonchev–Trinajstić information content (AvgIpc) is 2.72. The number of rotatable bonds is 9. The fraction of sp³-hybridized carbons (Fsp3) is 0.636. The van der Waals surface area contributed by atoms with Crippen molar-refractivity contribution >= 4 is 11.9 Å². The van der Waals surface area contributed by atoms with Crippen molar-refractivity contribution in [3.63, 3.8) is 0 Å². The van der Waals surface area contributed by atoms with Crippen molar-refractivity contribution in [1.82, 2.24) is 20.4 Å². The summed E-state index contributed by atoms with van der Waals surface area (Å²) in [6.07, 6.45) is 0. The minimum Gasteiger partial charge on any atom is -0.383 e. The Balaban J connectivity index is 1.84. The molecule has 2 rings (SSSR count). The van der Waals surface area contributed by atoms with Crippen LogP contribution in [0.4, 0.5) is 0 Å². The molecule has 7 nitrogen and oxygen atoms in total. The van der Waals surface area contributed by atoms with Gasteiger partial charge in [-0.1, -0.05) is 36.8 Å². The number of carbonyl (C=O) groups excluding carboxylic acids is 1. The summed E-state index contributed by atoms with van der Waals surface area (Å²) in [6.45, 7) is 13.0. The van der Waals surface area contributed by atoms with E-state index in [0.29, 0.717) is 25.6 Å². The molecule has 7 heteroatoms. The molecule has 1 unspecified atom stereocenters. The van der Waals surface area contributed by atoms with Crippen LogP contribution in [0.1, 0.15) is 30.9 Å². The number of aliphatic imine (C=N–C) groups is 1. The van der Waals surface area contributed by atoms with Crippen molar-refractivity contribution in [2.45, 2.75) is 26.7 Å². The zero-order valence-electron chi connectivity index (χ0n) is 18.4. The fourth-order valence-corrected chi connectivity index (χ4v) is 3.32. The van der Waals surface area contributed by atoms with Crippen LogP contribution < -0.4 is 10.6 Å². The largest absolute Gasteiger partial charge is 0.383 e. The van der Waals surface area contributed by atoms with Gasteiger partial charge in [0.05, 0.1) is 13.2 Å². The van der Waals surface area contributed by atoms with E-state index in [1.807, 2.05) is 0 Å². The molecule has 1 aromatic carbocycles. The van der Waals surface area contributed by atoms with Gasteiger partial charge in [-0.3, -0.25) is 14.7 Å². The summed E-state index contributed by atoms with van der Waals surface area (Å²) in [5, 5.41) is 6.30. The zero-order valence-corrected chi connectivity index (χ0v) is 18.4. The fourth-order valence-electron chi connectivity index (χ4n) is 3.32. The second kappa shape index (κ2) is 12.4. The van der Waals surface area contributed by atoms with E-state index in [1.165, 1.54) is 11.1 Å². The lowest BCUT2D eigenvalue weighted by molar-refractivity contribution is -0.122. The molecule has 1 amide bonds. The van der Waals surface area contributed by atoms with Crippen LogP contribution in [0.3, 0.4) is 0 Å². The first-order chi connectivity index (χ1) is 14.0. The summed E-state index contributed by atoms with van der Waals surface area (Å²) in [6, 6.07) is 8.70. The van der Waals surface area contributed by atoms with Gasteiger partial charge in [0.2, 0.25) is 5.91 Å². The Labute approximate surface area is 175 Å². The molecule has 0 bridgehead atoms. The monoisotopic (exact) mass is 403 g/mol. The smallest absolute Gasteiger partial charge is 0.234 e. The number of guanidine groups is 1. The number of nitrogens with zero attached hydrogens (tertiary/aromatic N) is 3. The Morgan fingerprint density at radius 2 is 1.86 bits per heavy atom. The number of amides is 1. The molecule has 1 aromatic rings. The SMILES string of the molecule is CCNC(=NCC(C)c1ccc(C)cc1)N1CCN(CC(=O)NCCOC)CC1. The van der Waals surface area contributed by atoms with Crippen LogP contribution in [-0.4, -0.2) is 87.7 Å². The number of nitrogens with one attached hydrogen (secondary N) is 2. The Bertz CT molecular complexity index is 639. The molecule has 0 radical (unpaired) electrons. The Morgan fingerprint density at radius 1 is 1.17 bits per heavy atom. The van der Waals surface area contributed by atoms with Gasteiger partial charge in [0.1, 0.15) is 0 Å². The van der Waals surface area contributed by atoms with Crippen molar-refractivity contribution in [3.05, 3.63) is 35.4 Å². The summed E-state index contributed by atoms with van der Waals surface area (Å²) in [7, 11) is 1.64. The summed E-state index contributed by atoms with van der Waals surface area (Å²) < 4.78 is 4.96. The van der Waals surface area contributed by atoms with E-state index in [1.54, 1.807) is 7.11 Å². The van der Waals surface area contributed by atoms with Gasteiger partial charge >= 0.3 is 0 Å². The van der Waals surface area contributed by atoms with Crippen LogP contribution in [0, 0.1) is 6.92 Å². The summed E-state index contributed by atoms with van der Waals surface area (Å²) in [5.74, 6) is 1.40. The molecule has 162 valence electrons. The van der Waals surface area contributed by atoms with Gasteiger partial charge in [-0.05, 0) is 19.4 Å². The number of aryl methyl sites for hydroxylation is 1. The van der Waals surface area contributed by atoms with Crippen molar-refractivity contribution in [1.29, 1.82) is 0 Å². The minimum absolute atomic E-state index is 0.0583. The number of piperazine rings is 1. The maximum atomic E-state index is 12.0. The highest BCUT2D eigenvalue weighted by atomic mass is 16.5. The topological polar surface area (TPSA) is 69.2 Å². The quantitative estimate of drug-likeness (QED) is 0.371. The molecule has 0 aromatic heterocycles. The van der Waals surface area contributed by atoms with Gasteiger partial charge < -0.3 is 20.3 Å². The highest BCUT2D eigenvalue weighted by Crippen LogP contribution is 2.16. The van der Waals surface area contributed by atoms with Crippen molar-refractivity contribution < 1.29 is 9.53 Å². The van der Waals surface area contributed by atoms with Crippen molar-refractivity contribution in [2.75, 3.05) is 66.1 Å². The van der Waals surface area contributed by atoms with Gasteiger partial charge in [-0.15, -0.1) is 0 Å². The normalized spacial score (nSPS) is 16.6. The third kappa shape index (κ3) is 8.03. The number of hydrogen-bond donors (Lipinski definition) is 2. The molecule has 2 N–H and O–H groups in total. The summed E-state index contributed by atoms with van der Waals surface area (Å²) in [5.41, 5.74) is 2.60. The van der Waals surface area contributed by atoms with Crippen LogP contribution in [-0.2, 0) is 9.53 Å². The first kappa shape index (κ1) is 23.2. The van der Waals surface area contributed by atoms with E-state index in [4.69, 9.17) is 9.73 Å². The van der Waals surface area contributed by atoms with E-state index in [0.717, 1.165) is 45.2 Å². The standard InChI is InChI=1S/C22H37N5O2/c1-5-23-22(25-16-19(3)20-8-6-18(2)7-9-20)27-13-11-26(12-14-27)17-21(28)24-10-15-29-4/h6-9,19H,5,10-17H2,1-4H3,(H,23,25)(H,24,28). The summed E-state index contributed by atoms with van der Waals surface area (Å²) >= 11 is 0. The first-order valence-corrected chi connectivity index (χ1v) is 10.6. The highest BCUT2D eigenvalue weighted by Gasteiger charge is 2.21. The van der Waals surface area contributed by atoms with E-state index < -0.39 is 0 Å². The van der Waals surface area contributed by atoms with E-state index in [2.05, 4.69) is 65.5 Å². The molecule has 0 saturated carbocycles. The second-order valence-electron chi connectivity index (χ2n) is 7.61. The second-order valence-corrected chi connectivity index (χ2v) is 7.61. The van der Waals surface area contributed by atoms with Crippen molar-refractivity contribution in [3.8, 4) is 0 Å². The van der Waals surface area contributed by atoms with Crippen LogP contribution >= 0.6 is 0 Å². The molecule has 1 heterocycles. The third-order valence-electron chi connectivity index (χ3n) is 5.16. The third-order valence-corrected chi connectivity index (χ3v) is 5.16. The number of methoxy groups -OCH3 is 1. The molecule has 0 spiro atoms. The predicted octanol–water partition coefficient (Wildman–Crippen LogP) is 1.44. The van der Waals surface area contributed by atoms with Gasteiger partial charge in [0, 0.05) is 58.8 Å². The van der Waals surface area contributed by atoms with Gasteiger partial charge in [0.15, 0.2) is 5.96 Å². The molecule has 0 aliphatic carbocycles. The van der Waals surface area contributed by atoms with Gasteiger partial charge in [-0.25, -0.2) is 0 Å². The van der Waals surface area contributed by atoms with E-state index in [9.17, 15) is 4.79 Å². The van der Waals surface area contributed by atoms with Crippen LogP contribution in [0.15, 0.2) is 29.3 Å². The molecule has 1 aliphatic rings. The minimum atomic E-state index is 0.0583. The van der Waals surface area contributed by atoms with Crippen LogP contribution in [0.25, 0.3) is 0 Å². The van der Waals surface area contributed by atoms with Gasteiger partial charge in [0.25, 0.3) is 0 Å². The predicted molar refractivity (Wildman–Crippen MR) is 118 cm³/mol. The molecule has 1 atom stereocenters. The Morgan fingerprint density at radius 3 is 2.48 bits per heavy atom. The molecule has 1 saturated heterocycles. The average molecular weight is 404 g/mol. The first-order valence-electron chi connectivity index (χ1n) is 10.6. The Hall–Kier alpha value is -2.12. The lowest BCUT2D eigenvalue weighted by Gasteiger charge is -2.36. The molecule has 29 heavy (non-hydrogen) atoms. The molecule has 1 fully saturated rings. The maximum absolute atomic E-state index is 12.0. The van der Waals surface area contributed by atoms with Crippen LogP contribution in [0.5, 0.6) is 0 Å². The molecule has 1 aliphatic heterocycles. The summed E-state index contributed by atoms with van der Waals surface area (Å²) in [4.78, 5) is 21.4. The van der Waals surface area contributed by atoms with E-state index >= 15 is 0 Å². The zero-order chi connectivity index (χ0) is 21.1. The van der Waals surface area contributed by atoms with E-state index in [-0.39, 0.29) is 5.91 Å². The Kier molecular flexibility index (Phi) is 9.94. The number of carbonyl (C=O) groups is 1. The molecular weight excluding hydrogens is 366 g/mol. The maximum Gasteiger partial charge on any atom is 0.234 e. The number of benzene rings is 1. The van der Waals surface area contributed by atoms with Gasteiger partial charge in [-0.2, -0.15) is 0 Å². The molecular formula is C22H37N5O2. The van der Waals surface area contributed by atoms with Crippen molar-refractivity contribution in [2.24, 2.45) is 4.99 Å². The lowest BCUT2D eigenvalue weighted by Crippen LogP contribution is -2.54. The lowest BCUT2D eigenvalue weighted by atomic mass is 10.0.